The van der Waals surface area contributed by atoms with Crippen molar-refractivity contribution in [1.82, 2.24) is 9.55 Å². The van der Waals surface area contributed by atoms with Crippen LogP contribution in [0.4, 0.5) is 8.78 Å². The van der Waals surface area contributed by atoms with E-state index in [0.29, 0.717) is 6.07 Å². The number of fused-ring (bicyclic) bond motifs is 1. The molecule has 1 atom stereocenters. The van der Waals surface area contributed by atoms with Crippen molar-refractivity contribution in [3.05, 3.63) is 57.9 Å². The number of aromatic nitrogens is 2. The highest BCUT2D eigenvalue weighted by atomic mass is 19.1. The molecule has 9 heteroatoms. The van der Waals surface area contributed by atoms with Gasteiger partial charge in [-0.25, -0.2) is 13.6 Å². The minimum atomic E-state index is -1.44. The molecule has 0 saturated heterocycles. The van der Waals surface area contributed by atoms with Crippen molar-refractivity contribution in [2.45, 2.75) is 19.9 Å². The molecule has 0 bridgehead atoms. The number of halogens is 2. The zero-order chi connectivity index (χ0) is 22.2. The lowest BCUT2D eigenvalue weighted by Gasteiger charge is -2.24. The van der Waals surface area contributed by atoms with Gasteiger partial charge in [-0.05, 0) is 24.1 Å². The molecule has 0 aliphatic heterocycles. The standard InChI is InChI=1S/C21H20F2N2O5/c1-10(2)17(9-26)25-8-15(21(28)29)18(27)14-7-13(20(30-3)24-19(14)25)12-5-4-11(22)6-16(12)23/h4-8,10,17,26H,9H2,1-3H3,(H,28,29)/t17-/m1/s1. The van der Waals surface area contributed by atoms with E-state index in [9.17, 15) is 28.6 Å². The van der Waals surface area contributed by atoms with Crippen LogP contribution in [0.1, 0.15) is 30.2 Å². The Balaban J connectivity index is 2.45. The van der Waals surface area contributed by atoms with Crippen molar-refractivity contribution in [2.75, 3.05) is 13.7 Å². The molecule has 2 heterocycles. The van der Waals surface area contributed by atoms with Crippen molar-refractivity contribution in [3.8, 4) is 17.0 Å². The summed E-state index contributed by atoms with van der Waals surface area (Å²) in [4.78, 5) is 28.8. The van der Waals surface area contributed by atoms with Gasteiger partial charge < -0.3 is 19.5 Å². The second kappa shape index (κ2) is 8.19. The van der Waals surface area contributed by atoms with Crippen LogP contribution >= 0.6 is 0 Å². The second-order valence-corrected chi connectivity index (χ2v) is 7.12. The topological polar surface area (TPSA) is 102 Å². The number of carboxylic acid groups (broad SMARTS) is 1. The third-order valence-corrected chi connectivity index (χ3v) is 4.93. The molecule has 0 fully saturated rings. The van der Waals surface area contributed by atoms with Crippen molar-refractivity contribution in [3.63, 3.8) is 0 Å². The predicted octanol–water partition coefficient (Wildman–Crippen LogP) is 3.24. The van der Waals surface area contributed by atoms with Crippen molar-refractivity contribution in [2.24, 2.45) is 5.92 Å². The third kappa shape index (κ3) is 3.63. The first kappa shape index (κ1) is 21.4. The van der Waals surface area contributed by atoms with E-state index in [0.717, 1.165) is 12.3 Å². The molecule has 30 heavy (non-hydrogen) atoms. The lowest BCUT2D eigenvalue weighted by atomic mass is 10.0. The van der Waals surface area contributed by atoms with Crippen molar-refractivity contribution in [1.29, 1.82) is 0 Å². The Kier molecular flexibility index (Phi) is 5.84. The maximum absolute atomic E-state index is 14.4. The molecule has 0 aliphatic rings. The normalized spacial score (nSPS) is 12.4. The van der Waals surface area contributed by atoms with Crippen LogP contribution in [0.15, 0.2) is 35.3 Å². The number of methoxy groups -OCH3 is 1. The molecule has 1 aromatic carbocycles. The van der Waals surface area contributed by atoms with Crippen LogP contribution < -0.4 is 10.2 Å². The summed E-state index contributed by atoms with van der Waals surface area (Å²) in [6.45, 7) is 3.32. The highest BCUT2D eigenvalue weighted by Crippen LogP contribution is 2.34. The molecular weight excluding hydrogens is 398 g/mol. The van der Waals surface area contributed by atoms with E-state index in [4.69, 9.17) is 4.74 Å². The van der Waals surface area contributed by atoms with Crippen molar-refractivity contribution >= 4 is 17.0 Å². The molecule has 0 spiro atoms. The van der Waals surface area contributed by atoms with Gasteiger partial charge >= 0.3 is 5.97 Å². The van der Waals surface area contributed by atoms with Crippen LogP contribution in [0.2, 0.25) is 0 Å². The molecule has 158 valence electrons. The fraction of sp³-hybridized carbons (Fsp3) is 0.286. The van der Waals surface area contributed by atoms with Gasteiger partial charge in [0.25, 0.3) is 0 Å². The van der Waals surface area contributed by atoms with E-state index in [-0.39, 0.29) is 40.6 Å². The van der Waals surface area contributed by atoms with E-state index in [1.54, 1.807) is 0 Å². The Labute approximate surface area is 170 Å². The van der Waals surface area contributed by atoms with Gasteiger partial charge in [0.05, 0.1) is 25.1 Å². The van der Waals surface area contributed by atoms with Gasteiger partial charge in [0.15, 0.2) is 0 Å². The SMILES string of the molecule is COc1nc2c(cc1-c1ccc(F)cc1F)c(=O)c(C(=O)O)cn2[C@H](CO)C(C)C. The van der Waals surface area contributed by atoms with Gasteiger partial charge in [0.2, 0.25) is 11.3 Å². The van der Waals surface area contributed by atoms with E-state index < -0.39 is 34.6 Å². The van der Waals surface area contributed by atoms with Crippen LogP contribution in [0, 0.1) is 17.6 Å². The van der Waals surface area contributed by atoms with Crippen LogP contribution in [0.3, 0.4) is 0 Å². The summed E-state index contributed by atoms with van der Waals surface area (Å²) in [6.07, 6.45) is 1.14. The Hall–Kier alpha value is -3.33. The largest absolute Gasteiger partial charge is 0.480 e. The molecule has 2 N–H and O–H groups in total. The Morgan fingerprint density at radius 1 is 1.23 bits per heavy atom. The van der Waals surface area contributed by atoms with Crippen LogP contribution in [0.25, 0.3) is 22.2 Å². The van der Waals surface area contributed by atoms with Crippen LogP contribution in [-0.4, -0.2) is 39.5 Å². The summed E-state index contributed by atoms with van der Waals surface area (Å²) in [7, 11) is 1.30. The first-order chi connectivity index (χ1) is 14.2. The van der Waals surface area contributed by atoms with Gasteiger partial charge in [0, 0.05) is 23.4 Å². The fourth-order valence-corrected chi connectivity index (χ4v) is 3.34. The number of aromatic carboxylic acids is 1. The summed E-state index contributed by atoms with van der Waals surface area (Å²) < 4.78 is 34.4. The molecule has 0 aliphatic carbocycles. The lowest BCUT2D eigenvalue weighted by molar-refractivity contribution is 0.0694. The molecule has 0 saturated carbocycles. The molecule has 7 nitrogen and oxygen atoms in total. The predicted molar refractivity (Wildman–Crippen MR) is 106 cm³/mol. The number of benzene rings is 1. The van der Waals surface area contributed by atoms with Gasteiger partial charge in [-0.15, -0.1) is 0 Å². The maximum atomic E-state index is 14.4. The van der Waals surface area contributed by atoms with Crippen LogP contribution in [-0.2, 0) is 0 Å². The highest BCUT2D eigenvalue weighted by Gasteiger charge is 2.24. The molecule has 2 aromatic heterocycles. The van der Waals surface area contributed by atoms with Crippen LogP contribution in [0.5, 0.6) is 5.88 Å². The number of carbonyl (C=O) groups is 1. The summed E-state index contributed by atoms with van der Waals surface area (Å²) in [5.74, 6) is -3.27. The average Bonchev–Trinajstić information content (AvgIpc) is 2.69. The number of hydrogen-bond donors (Lipinski definition) is 2. The fourth-order valence-electron chi connectivity index (χ4n) is 3.34. The zero-order valence-electron chi connectivity index (χ0n) is 16.5. The monoisotopic (exact) mass is 418 g/mol. The molecule has 3 rings (SSSR count). The van der Waals surface area contributed by atoms with E-state index in [1.807, 2.05) is 13.8 Å². The van der Waals surface area contributed by atoms with Gasteiger partial charge in [-0.3, -0.25) is 4.79 Å². The molecule has 0 radical (unpaired) electrons. The lowest BCUT2D eigenvalue weighted by Crippen LogP contribution is -2.26. The number of aliphatic hydroxyl groups excluding tert-OH is 1. The van der Waals surface area contributed by atoms with Gasteiger partial charge in [-0.2, -0.15) is 4.98 Å². The number of pyridine rings is 2. The first-order valence-corrected chi connectivity index (χ1v) is 9.13. The maximum Gasteiger partial charge on any atom is 0.341 e. The van der Waals surface area contributed by atoms with Gasteiger partial charge in [0.1, 0.15) is 22.8 Å². The molecule has 0 unspecified atom stereocenters. The van der Waals surface area contributed by atoms with Gasteiger partial charge in [-0.1, -0.05) is 13.8 Å². The Morgan fingerprint density at radius 3 is 2.47 bits per heavy atom. The minimum absolute atomic E-state index is 0.0373. The summed E-state index contributed by atoms with van der Waals surface area (Å²) in [5, 5.41) is 19.2. The van der Waals surface area contributed by atoms with Crippen molar-refractivity contribution < 1.29 is 28.5 Å². The molecule has 3 aromatic rings. The number of ether oxygens (including phenoxy) is 1. The highest BCUT2D eigenvalue weighted by molar-refractivity contribution is 5.93. The first-order valence-electron chi connectivity index (χ1n) is 9.13. The molecule has 0 amide bonds. The third-order valence-electron chi connectivity index (χ3n) is 4.93. The summed E-state index contributed by atoms with van der Waals surface area (Å²) in [5.41, 5.74) is -1.23. The van der Waals surface area contributed by atoms with E-state index in [1.165, 1.54) is 23.8 Å². The molecular formula is C21H20F2N2O5. The summed E-state index contributed by atoms with van der Waals surface area (Å²) >= 11 is 0. The summed E-state index contributed by atoms with van der Waals surface area (Å²) in [6, 6.07) is 3.62. The number of aliphatic hydroxyl groups is 1. The van der Waals surface area contributed by atoms with E-state index in [2.05, 4.69) is 4.98 Å². The number of rotatable bonds is 6. The average molecular weight is 418 g/mol. The minimum Gasteiger partial charge on any atom is -0.480 e. The second-order valence-electron chi connectivity index (χ2n) is 7.12. The van der Waals surface area contributed by atoms with E-state index >= 15 is 0 Å². The zero-order valence-corrected chi connectivity index (χ0v) is 16.5. The number of hydrogen-bond acceptors (Lipinski definition) is 5. The quantitative estimate of drug-likeness (QED) is 0.637. The number of nitrogens with zero attached hydrogens (tertiary/aromatic N) is 2. The Morgan fingerprint density at radius 2 is 1.93 bits per heavy atom. The Bertz CT molecular complexity index is 1190. The smallest absolute Gasteiger partial charge is 0.341 e. The number of carboxylic acids is 1.